The summed E-state index contributed by atoms with van der Waals surface area (Å²) in [6.45, 7) is 8.65. The zero-order chi connectivity index (χ0) is 9.19. The first-order valence-corrected chi connectivity index (χ1v) is 8.22. The molecule has 0 saturated carbocycles. The minimum atomic E-state index is -1.12. The number of hydrogen-bond acceptors (Lipinski definition) is 1. The van der Waals surface area contributed by atoms with E-state index >= 15 is 0 Å². The Balaban J connectivity index is 2.45. The number of carbonyl (C=O) groups is 1. The van der Waals surface area contributed by atoms with Crippen molar-refractivity contribution < 1.29 is 4.79 Å². The first-order chi connectivity index (χ1) is 5.49. The van der Waals surface area contributed by atoms with Gasteiger partial charge < -0.3 is 10.2 Å². The minimum Gasteiger partial charge on any atom is -0.338 e. The average molecular weight is 186 g/mol. The van der Waals surface area contributed by atoms with E-state index in [1.54, 1.807) is 0 Å². The number of urea groups is 1. The smallest absolute Gasteiger partial charge is 0.317 e. The van der Waals surface area contributed by atoms with Crippen LogP contribution < -0.4 is 5.32 Å². The van der Waals surface area contributed by atoms with Crippen LogP contribution in [-0.4, -0.2) is 38.3 Å². The molecule has 0 radical (unpaired) electrons. The van der Waals surface area contributed by atoms with E-state index in [0.29, 0.717) is 0 Å². The predicted octanol–water partition coefficient (Wildman–Crippen LogP) is 1.28. The lowest BCUT2D eigenvalue weighted by molar-refractivity contribution is 0.194. The molecule has 0 aromatic carbocycles. The second-order valence-corrected chi connectivity index (χ2v) is 10.0. The van der Waals surface area contributed by atoms with Gasteiger partial charge in [-0.2, -0.15) is 0 Å². The van der Waals surface area contributed by atoms with Crippen molar-refractivity contribution in [2.24, 2.45) is 0 Å². The molecule has 1 rings (SSSR count). The molecule has 0 bridgehead atoms. The van der Waals surface area contributed by atoms with Gasteiger partial charge in [-0.3, -0.25) is 0 Å². The highest BCUT2D eigenvalue weighted by molar-refractivity contribution is 6.76. The molecule has 1 heterocycles. The molecule has 1 aliphatic rings. The fourth-order valence-corrected chi connectivity index (χ4v) is 2.85. The topological polar surface area (TPSA) is 32.3 Å². The van der Waals surface area contributed by atoms with Crippen LogP contribution >= 0.6 is 0 Å². The Bertz CT molecular complexity index is 176. The Kier molecular flexibility index (Phi) is 2.77. The maximum Gasteiger partial charge on any atom is 0.317 e. The molecule has 0 unspecified atom stereocenters. The zero-order valence-corrected chi connectivity index (χ0v) is 9.18. The quantitative estimate of drug-likeness (QED) is 0.647. The molecule has 0 aromatic heterocycles. The van der Waals surface area contributed by atoms with Crippen LogP contribution in [0.15, 0.2) is 0 Å². The summed E-state index contributed by atoms with van der Waals surface area (Å²) in [6, 6.07) is 0.128. The molecule has 12 heavy (non-hydrogen) atoms. The molecular formula is C8H18N2OSi. The average Bonchev–Trinajstić information content (AvgIpc) is 1.91. The molecule has 0 aliphatic carbocycles. The molecule has 70 valence electrons. The summed E-state index contributed by atoms with van der Waals surface area (Å²) in [4.78, 5) is 13.3. The molecule has 4 heteroatoms. The Morgan fingerprint density at radius 1 is 1.50 bits per heavy atom. The lowest BCUT2D eigenvalue weighted by atomic mass is 10.3. The summed E-state index contributed by atoms with van der Waals surface area (Å²) in [6.07, 6.45) is 2.08. The number of amides is 2. The summed E-state index contributed by atoms with van der Waals surface area (Å²) in [5.74, 6) is 0. The van der Waals surface area contributed by atoms with Crippen molar-refractivity contribution in [3.8, 4) is 0 Å². The molecule has 3 nitrogen and oxygen atoms in total. The van der Waals surface area contributed by atoms with Gasteiger partial charge in [0.2, 0.25) is 0 Å². The van der Waals surface area contributed by atoms with Crippen LogP contribution in [0.4, 0.5) is 4.79 Å². The summed E-state index contributed by atoms with van der Waals surface area (Å²) in [7, 11) is -1.12. The van der Waals surface area contributed by atoms with Crippen molar-refractivity contribution in [3.63, 3.8) is 0 Å². The van der Waals surface area contributed by atoms with Crippen molar-refractivity contribution in [1.82, 2.24) is 10.2 Å². The second kappa shape index (κ2) is 3.47. The molecule has 1 saturated heterocycles. The highest BCUT2D eigenvalue weighted by Gasteiger charge is 2.23. The van der Waals surface area contributed by atoms with Gasteiger partial charge in [0.05, 0.1) is 8.07 Å². The van der Waals surface area contributed by atoms with Crippen LogP contribution in [0, 0.1) is 0 Å². The Morgan fingerprint density at radius 2 is 2.17 bits per heavy atom. The number of carbonyl (C=O) groups excluding carboxylic acids is 1. The van der Waals surface area contributed by atoms with E-state index < -0.39 is 8.07 Å². The van der Waals surface area contributed by atoms with E-state index in [1.807, 2.05) is 4.90 Å². The van der Waals surface area contributed by atoms with Gasteiger partial charge in [-0.25, -0.2) is 4.79 Å². The van der Waals surface area contributed by atoms with Gasteiger partial charge in [-0.05, 0) is 6.42 Å². The normalized spacial score (nSPS) is 19.2. The molecule has 0 atom stereocenters. The van der Waals surface area contributed by atoms with E-state index in [0.717, 1.165) is 25.7 Å². The first-order valence-electron chi connectivity index (χ1n) is 4.52. The standard InChI is InChI=1S/C8H18N2OSi/c1-12(2,3)7-10-6-4-5-9-8(10)11/h4-7H2,1-3H3,(H,9,11). The fourth-order valence-electron chi connectivity index (χ4n) is 1.40. The van der Waals surface area contributed by atoms with E-state index in [2.05, 4.69) is 25.0 Å². The third-order valence-corrected chi connectivity index (χ3v) is 3.16. The lowest BCUT2D eigenvalue weighted by Gasteiger charge is -2.32. The molecule has 1 fully saturated rings. The van der Waals surface area contributed by atoms with Crippen LogP contribution in [0.2, 0.25) is 19.6 Å². The van der Waals surface area contributed by atoms with E-state index in [9.17, 15) is 4.79 Å². The SMILES string of the molecule is C[Si](C)(C)CN1CCCNC1=O. The third-order valence-electron chi connectivity index (χ3n) is 1.83. The van der Waals surface area contributed by atoms with Crippen molar-refractivity contribution in [3.05, 3.63) is 0 Å². The molecule has 0 spiro atoms. The number of rotatable bonds is 2. The van der Waals surface area contributed by atoms with Gasteiger partial charge in [0.25, 0.3) is 0 Å². The van der Waals surface area contributed by atoms with Gasteiger partial charge in [0.15, 0.2) is 0 Å². The van der Waals surface area contributed by atoms with Gasteiger partial charge in [-0.15, -0.1) is 0 Å². The Morgan fingerprint density at radius 3 is 2.67 bits per heavy atom. The third kappa shape index (κ3) is 2.85. The molecule has 1 N–H and O–H groups in total. The largest absolute Gasteiger partial charge is 0.338 e. The summed E-state index contributed by atoms with van der Waals surface area (Å²) in [5, 5.41) is 2.86. The van der Waals surface area contributed by atoms with Crippen LogP contribution in [-0.2, 0) is 0 Å². The maximum atomic E-state index is 11.3. The van der Waals surface area contributed by atoms with E-state index in [-0.39, 0.29) is 6.03 Å². The Hall–Kier alpha value is -0.513. The maximum absolute atomic E-state index is 11.3. The van der Waals surface area contributed by atoms with Crippen molar-refractivity contribution in [2.75, 3.05) is 19.3 Å². The summed E-state index contributed by atoms with van der Waals surface area (Å²) < 4.78 is 0. The Labute approximate surface area is 75.1 Å². The molecule has 0 aromatic rings. The molecule has 2 amide bonds. The molecular weight excluding hydrogens is 168 g/mol. The highest BCUT2D eigenvalue weighted by Crippen LogP contribution is 2.07. The first kappa shape index (κ1) is 9.57. The number of nitrogens with zero attached hydrogens (tertiary/aromatic N) is 1. The fraction of sp³-hybridized carbons (Fsp3) is 0.875. The highest BCUT2D eigenvalue weighted by atomic mass is 28.3. The van der Waals surface area contributed by atoms with E-state index in [4.69, 9.17) is 0 Å². The minimum absolute atomic E-state index is 0.128. The number of hydrogen-bond donors (Lipinski definition) is 1. The van der Waals surface area contributed by atoms with Crippen molar-refractivity contribution in [1.29, 1.82) is 0 Å². The van der Waals surface area contributed by atoms with Crippen LogP contribution in [0.3, 0.4) is 0 Å². The van der Waals surface area contributed by atoms with E-state index in [1.165, 1.54) is 0 Å². The monoisotopic (exact) mass is 186 g/mol. The summed E-state index contributed by atoms with van der Waals surface area (Å²) >= 11 is 0. The predicted molar refractivity (Wildman–Crippen MR) is 52.9 cm³/mol. The van der Waals surface area contributed by atoms with Gasteiger partial charge in [0, 0.05) is 19.3 Å². The zero-order valence-electron chi connectivity index (χ0n) is 8.18. The van der Waals surface area contributed by atoms with Gasteiger partial charge >= 0.3 is 6.03 Å². The van der Waals surface area contributed by atoms with Gasteiger partial charge in [-0.1, -0.05) is 19.6 Å². The van der Waals surface area contributed by atoms with Crippen LogP contribution in [0.5, 0.6) is 0 Å². The van der Waals surface area contributed by atoms with Crippen molar-refractivity contribution >= 4 is 14.1 Å². The van der Waals surface area contributed by atoms with Crippen LogP contribution in [0.25, 0.3) is 0 Å². The van der Waals surface area contributed by atoms with Crippen molar-refractivity contribution in [2.45, 2.75) is 26.1 Å². The summed E-state index contributed by atoms with van der Waals surface area (Å²) in [5.41, 5.74) is 0. The van der Waals surface area contributed by atoms with Gasteiger partial charge in [0.1, 0.15) is 0 Å². The number of nitrogens with one attached hydrogen (secondary N) is 1. The second-order valence-electron chi connectivity index (χ2n) is 4.57. The lowest BCUT2D eigenvalue weighted by Crippen LogP contribution is -2.52. The van der Waals surface area contributed by atoms with Crippen LogP contribution in [0.1, 0.15) is 6.42 Å². The molecule has 1 aliphatic heterocycles.